The molecule has 2 nitrogen and oxygen atoms in total. The minimum atomic E-state index is -4.57. The van der Waals surface area contributed by atoms with Gasteiger partial charge in [0.2, 0.25) is 0 Å². The van der Waals surface area contributed by atoms with Crippen LogP contribution in [0.3, 0.4) is 0 Å². The van der Waals surface area contributed by atoms with Gasteiger partial charge in [-0.2, -0.15) is 13.2 Å². The van der Waals surface area contributed by atoms with Crippen molar-refractivity contribution in [1.82, 2.24) is 0 Å². The van der Waals surface area contributed by atoms with Crippen molar-refractivity contribution < 1.29 is 22.7 Å². The lowest BCUT2D eigenvalue weighted by Crippen LogP contribution is -2.40. The maximum absolute atomic E-state index is 12.7. The Labute approximate surface area is 89.7 Å². The van der Waals surface area contributed by atoms with Gasteiger partial charge < -0.3 is 10.8 Å². The summed E-state index contributed by atoms with van der Waals surface area (Å²) in [5, 5.41) is 8.69. The third-order valence-corrected chi connectivity index (χ3v) is 2.22. The van der Waals surface area contributed by atoms with Crippen molar-refractivity contribution in [3.8, 4) is 0 Å². The maximum Gasteiger partial charge on any atom is 0.397 e. The van der Waals surface area contributed by atoms with Crippen LogP contribution in [0.15, 0.2) is 24.3 Å². The second kappa shape index (κ2) is 4.80. The Balaban J connectivity index is 3.06. The first-order valence-corrected chi connectivity index (χ1v) is 4.55. The van der Waals surface area contributed by atoms with Crippen LogP contribution in [0, 0.1) is 5.82 Å². The Morgan fingerprint density at radius 1 is 1.19 bits per heavy atom. The van der Waals surface area contributed by atoms with Crippen molar-refractivity contribution >= 4 is 0 Å². The largest absolute Gasteiger partial charge is 0.397 e. The third kappa shape index (κ3) is 2.93. The zero-order valence-corrected chi connectivity index (χ0v) is 8.21. The Bertz CT molecular complexity index is 336. The predicted octanol–water partition coefficient (Wildman–Crippen LogP) is 1.79. The van der Waals surface area contributed by atoms with Crippen molar-refractivity contribution in [2.45, 2.75) is 18.1 Å². The highest BCUT2D eigenvalue weighted by Gasteiger charge is 2.44. The van der Waals surface area contributed by atoms with Crippen LogP contribution in [0.25, 0.3) is 0 Å². The SMILES string of the molecule is NC(CO)C(c1ccc(F)cc1)C(F)(F)F. The van der Waals surface area contributed by atoms with Crippen LogP contribution >= 0.6 is 0 Å². The molecule has 0 saturated carbocycles. The van der Waals surface area contributed by atoms with Crippen molar-refractivity contribution in [3.05, 3.63) is 35.6 Å². The van der Waals surface area contributed by atoms with Gasteiger partial charge in [0, 0.05) is 6.04 Å². The van der Waals surface area contributed by atoms with Crippen molar-refractivity contribution in [2.24, 2.45) is 5.73 Å². The fourth-order valence-corrected chi connectivity index (χ4v) is 1.45. The fraction of sp³-hybridized carbons (Fsp3) is 0.400. The molecular formula is C10H11F4NO. The van der Waals surface area contributed by atoms with E-state index in [2.05, 4.69) is 0 Å². The van der Waals surface area contributed by atoms with E-state index in [0.717, 1.165) is 24.3 Å². The monoisotopic (exact) mass is 237 g/mol. The molecule has 2 atom stereocenters. The van der Waals surface area contributed by atoms with E-state index in [1.54, 1.807) is 0 Å². The zero-order chi connectivity index (χ0) is 12.3. The highest BCUT2D eigenvalue weighted by Crippen LogP contribution is 2.36. The number of aliphatic hydroxyl groups is 1. The molecule has 0 saturated heterocycles. The van der Waals surface area contributed by atoms with Gasteiger partial charge in [-0.1, -0.05) is 12.1 Å². The van der Waals surface area contributed by atoms with Gasteiger partial charge in [0.25, 0.3) is 0 Å². The first-order valence-electron chi connectivity index (χ1n) is 4.55. The minimum absolute atomic E-state index is 0.157. The van der Waals surface area contributed by atoms with Gasteiger partial charge >= 0.3 is 6.18 Å². The number of hydrogen-bond donors (Lipinski definition) is 2. The molecule has 0 aliphatic heterocycles. The number of halogens is 4. The molecule has 0 aliphatic rings. The van der Waals surface area contributed by atoms with Crippen LogP contribution in [0.5, 0.6) is 0 Å². The summed E-state index contributed by atoms with van der Waals surface area (Å²) in [5.41, 5.74) is 5.05. The summed E-state index contributed by atoms with van der Waals surface area (Å²) < 4.78 is 50.5. The molecule has 0 heterocycles. The van der Waals surface area contributed by atoms with Crippen molar-refractivity contribution in [1.29, 1.82) is 0 Å². The summed E-state index contributed by atoms with van der Waals surface area (Å²) in [5.74, 6) is -2.61. The lowest BCUT2D eigenvalue weighted by atomic mass is 9.92. The highest BCUT2D eigenvalue weighted by molar-refractivity contribution is 5.23. The Hall–Kier alpha value is -1.14. The standard InChI is InChI=1S/C10H11F4NO/c11-7-3-1-6(2-4-7)9(8(15)5-16)10(12,13)14/h1-4,8-9,16H,5,15H2. The van der Waals surface area contributed by atoms with Crippen molar-refractivity contribution in [3.63, 3.8) is 0 Å². The van der Waals surface area contributed by atoms with E-state index < -0.39 is 30.6 Å². The van der Waals surface area contributed by atoms with E-state index in [0.29, 0.717) is 0 Å². The fourth-order valence-electron chi connectivity index (χ4n) is 1.45. The van der Waals surface area contributed by atoms with Crippen LogP contribution in [0.4, 0.5) is 17.6 Å². The Morgan fingerprint density at radius 2 is 1.69 bits per heavy atom. The molecule has 0 bridgehead atoms. The number of alkyl halides is 3. The summed E-state index contributed by atoms with van der Waals surface area (Å²) in [6, 6.07) is 2.44. The van der Waals surface area contributed by atoms with E-state index in [9.17, 15) is 17.6 Å². The van der Waals surface area contributed by atoms with Crippen LogP contribution in [0.1, 0.15) is 11.5 Å². The second-order valence-corrected chi connectivity index (χ2v) is 3.42. The van der Waals surface area contributed by atoms with E-state index in [-0.39, 0.29) is 5.56 Å². The second-order valence-electron chi connectivity index (χ2n) is 3.42. The molecule has 1 rings (SSSR count). The molecule has 0 amide bonds. The molecule has 3 N–H and O–H groups in total. The first kappa shape index (κ1) is 12.9. The number of benzene rings is 1. The number of nitrogens with two attached hydrogens (primary N) is 1. The summed E-state index contributed by atoms with van der Waals surface area (Å²) in [6.45, 7) is -0.790. The molecular weight excluding hydrogens is 226 g/mol. The minimum Gasteiger partial charge on any atom is -0.395 e. The van der Waals surface area contributed by atoms with E-state index in [1.165, 1.54) is 0 Å². The topological polar surface area (TPSA) is 46.2 Å². The van der Waals surface area contributed by atoms with Gasteiger partial charge in [0.05, 0.1) is 12.5 Å². The summed E-state index contributed by atoms with van der Waals surface area (Å²) in [7, 11) is 0. The maximum atomic E-state index is 12.7. The number of rotatable bonds is 3. The highest BCUT2D eigenvalue weighted by atomic mass is 19.4. The van der Waals surface area contributed by atoms with Crippen LogP contribution in [0.2, 0.25) is 0 Å². The molecule has 6 heteroatoms. The van der Waals surface area contributed by atoms with Crippen LogP contribution in [-0.4, -0.2) is 23.9 Å². The Morgan fingerprint density at radius 3 is 2.06 bits per heavy atom. The summed E-state index contributed by atoms with van der Waals surface area (Å²) >= 11 is 0. The predicted molar refractivity (Wildman–Crippen MR) is 50.3 cm³/mol. The van der Waals surface area contributed by atoms with E-state index in [1.807, 2.05) is 0 Å². The molecule has 0 aromatic heterocycles. The van der Waals surface area contributed by atoms with Gasteiger partial charge in [-0.15, -0.1) is 0 Å². The normalized spacial score (nSPS) is 15.9. The molecule has 1 aromatic rings. The molecule has 0 spiro atoms. The molecule has 1 aromatic carbocycles. The molecule has 0 radical (unpaired) electrons. The van der Waals surface area contributed by atoms with Crippen LogP contribution in [-0.2, 0) is 0 Å². The van der Waals surface area contributed by atoms with E-state index in [4.69, 9.17) is 10.8 Å². The lowest BCUT2D eigenvalue weighted by molar-refractivity contribution is -0.157. The van der Waals surface area contributed by atoms with Gasteiger partial charge in [0.15, 0.2) is 0 Å². The molecule has 0 fully saturated rings. The van der Waals surface area contributed by atoms with Crippen molar-refractivity contribution in [2.75, 3.05) is 6.61 Å². The van der Waals surface area contributed by atoms with Gasteiger partial charge in [0.1, 0.15) is 5.82 Å². The van der Waals surface area contributed by atoms with Gasteiger partial charge in [-0.3, -0.25) is 0 Å². The molecule has 90 valence electrons. The average molecular weight is 237 g/mol. The lowest BCUT2D eigenvalue weighted by Gasteiger charge is -2.25. The molecule has 16 heavy (non-hydrogen) atoms. The van der Waals surface area contributed by atoms with Gasteiger partial charge in [-0.05, 0) is 17.7 Å². The first-order chi connectivity index (χ1) is 7.36. The summed E-state index contributed by atoms with van der Waals surface area (Å²) in [4.78, 5) is 0. The molecule has 0 aliphatic carbocycles. The third-order valence-electron chi connectivity index (χ3n) is 2.22. The smallest absolute Gasteiger partial charge is 0.395 e. The summed E-state index contributed by atoms with van der Waals surface area (Å²) in [6.07, 6.45) is -4.57. The number of hydrogen-bond acceptors (Lipinski definition) is 2. The molecule has 2 unspecified atom stereocenters. The quantitative estimate of drug-likeness (QED) is 0.787. The zero-order valence-electron chi connectivity index (χ0n) is 8.21. The van der Waals surface area contributed by atoms with Crippen LogP contribution < -0.4 is 5.73 Å². The average Bonchev–Trinajstić information content (AvgIpc) is 2.19. The number of aliphatic hydroxyl groups excluding tert-OH is 1. The van der Waals surface area contributed by atoms with Gasteiger partial charge in [-0.25, -0.2) is 4.39 Å². The van der Waals surface area contributed by atoms with E-state index >= 15 is 0 Å². The Kier molecular flexibility index (Phi) is 3.88.